The Hall–Kier alpha value is -1.05. The third kappa shape index (κ3) is 3.49. The summed E-state index contributed by atoms with van der Waals surface area (Å²) in [7, 11) is 4.27. The Morgan fingerprint density at radius 2 is 2.11 bits per heavy atom. The van der Waals surface area contributed by atoms with Gasteiger partial charge in [0.05, 0.1) is 11.3 Å². The molecule has 0 spiro atoms. The Labute approximate surface area is 123 Å². The van der Waals surface area contributed by atoms with Crippen LogP contribution in [0.2, 0.25) is 0 Å². The summed E-state index contributed by atoms with van der Waals surface area (Å²) in [5.41, 5.74) is 1.76. The fourth-order valence-corrected chi connectivity index (χ4v) is 3.12. The van der Waals surface area contributed by atoms with Crippen molar-refractivity contribution in [2.24, 2.45) is 5.92 Å². The summed E-state index contributed by atoms with van der Waals surface area (Å²) < 4.78 is 0.878. The molecule has 0 unspecified atom stereocenters. The minimum atomic E-state index is 0.728. The number of hydrogen-bond acceptors (Lipinski definition) is 3. The van der Waals surface area contributed by atoms with Gasteiger partial charge in [0.1, 0.15) is 6.07 Å². The van der Waals surface area contributed by atoms with Gasteiger partial charge in [-0.05, 0) is 67.0 Å². The summed E-state index contributed by atoms with van der Waals surface area (Å²) in [6, 6.07) is 8.23. The first-order chi connectivity index (χ1) is 9.11. The molecule has 1 aliphatic rings. The number of nitrogens with zero attached hydrogens (tertiary/aromatic N) is 3. The number of halogens is 1. The maximum absolute atomic E-state index is 9.28. The van der Waals surface area contributed by atoms with Crippen LogP contribution >= 0.6 is 15.9 Å². The molecule has 1 aromatic carbocycles. The third-order valence-corrected chi connectivity index (χ3v) is 4.55. The number of benzene rings is 1. The van der Waals surface area contributed by atoms with E-state index >= 15 is 0 Å². The number of rotatable bonds is 3. The first kappa shape index (κ1) is 14.4. The fraction of sp³-hybridized carbons (Fsp3) is 0.533. The minimum Gasteiger partial charge on any atom is -0.373 e. The third-order valence-electron chi connectivity index (χ3n) is 3.88. The zero-order valence-corrected chi connectivity index (χ0v) is 13.2. The van der Waals surface area contributed by atoms with Gasteiger partial charge in [0.25, 0.3) is 0 Å². The van der Waals surface area contributed by atoms with E-state index in [1.165, 1.54) is 25.9 Å². The zero-order chi connectivity index (χ0) is 13.8. The van der Waals surface area contributed by atoms with Crippen LogP contribution in [0.25, 0.3) is 0 Å². The Kier molecular flexibility index (Phi) is 4.84. The summed E-state index contributed by atoms with van der Waals surface area (Å²) in [4.78, 5) is 4.61. The van der Waals surface area contributed by atoms with Crippen LogP contribution in [0.4, 0.5) is 5.69 Å². The van der Waals surface area contributed by atoms with E-state index in [4.69, 9.17) is 0 Å². The monoisotopic (exact) mass is 321 g/mol. The van der Waals surface area contributed by atoms with Gasteiger partial charge >= 0.3 is 0 Å². The van der Waals surface area contributed by atoms with Crippen molar-refractivity contribution >= 4 is 21.6 Å². The van der Waals surface area contributed by atoms with Crippen molar-refractivity contribution in [2.75, 3.05) is 38.6 Å². The topological polar surface area (TPSA) is 30.3 Å². The summed E-state index contributed by atoms with van der Waals surface area (Å²) >= 11 is 3.45. The van der Waals surface area contributed by atoms with E-state index in [0.29, 0.717) is 0 Å². The molecule has 1 fully saturated rings. The van der Waals surface area contributed by atoms with E-state index in [2.05, 4.69) is 45.9 Å². The van der Waals surface area contributed by atoms with Crippen molar-refractivity contribution < 1.29 is 0 Å². The number of anilines is 1. The molecule has 4 heteroatoms. The van der Waals surface area contributed by atoms with Gasteiger partial charge in [-0.2, -0.15) is 5.26 Å². The first-order valence-corrected chi connectivity index (χ1v) is 7.49. The predicted molar refractivity (Wildman–Crippen MR) is 82.3 cm³/mol. The maximum atomic E-state index is 9.28. The molecule has 0 aliphatic carbocycles. The number of nitriles is 1. The van der Waals surface area contributed by atoms with Crippen LogP contribution < -0.4 is 4.90 Å². The zero-order valence-electron chi connectivity index (χ0n) is 11.6. The molecule has 1 heterocycles. The van der Waals surface area contributed by atoms with E-state index in [1.54, 1.807) is 0 Å². The molecular formula is C15H20BrN3. The molecule has 0 radical (unpaired) electrons. The van der Waals surface area contributed by atoms with Crippen LogP contribution in [-0.2, 0) is 0 Å². The van der Waals surface area contributed by atoms with E-state index in [9.17, 15) is 5.26 Å². The standard InChI is InChI=1S/C15H20BrN3/c1-18-8-6-12(7-9-18)11-19(2)15-5-3-4-14(16)13(15)10-17/h3-5,12H,6-9,11H2,1-2H3. The molecule has 0 saturated carbocycles. The van der Waals surface area contributed by atoms with E-state index < -0.39 is 0 Å². The maximum Gasteiger partial charge on any atom is 0.103 e. The van der Waals surface area contributed by atoms with E-state index in [1.807, 2.05) is 18.2 Å². The molecule has 3 nitrogen and oxygen atoms in total. The van der Waals surface area contributed by atoms with Crippen LogP contribution in [0, 0.1) is 17.2 Å². The SMILES string of the molecule is CN1CCC(CN(C)c2cccc(Br)c2C#N)CC1. The Morgan fingerprint density at radius 3 is 2.74 bits per heavy atom. The lowest BCUT2D eigenvalue weighted by Crippen LogP contribution is -2.35. The molecule has 0 amide bonds. The molecule has 0 aromatic heterocycles. The highest BCUT2D eigenvalue weighted by atomic mass is 79.9. The number of piperidine rings is 1. The van der Waals surface area contributed by atoms with Crippen molar-refractivity contribution in [1.29, 1.82) is 5.26 Å². The van der Waals surface area contributed by atoms with Gasteiger partial charge in [-0.1, -0.05) is 6.07 Å². The van der Waals surface area contributed by atoms with Crippen molar-refractivity contribution in [3.8, 4) is 6.07 Å². The van der Waals surface area contributed by atoms with Gasteiger partial charge in [-0.3, -0.25) is 0 Å². The summed E-state index contributed by atoms with van der Waals surface area (Å²) in [6.45, 7) is 3.39. The van der Waals surface area contributed by atoms with Gasteiger partial charge in [0.15, 0.2) is 0 Å². The largest absolute Gasteiger partial charge is 0.373 e. The first-order valence-electron chi connectivity index (χ1n) is 6.70. The highest BCUT2D eigenvalue weighted by Crippen LogP contribution is 2.28. The van der Waals surface area contributed by atoms with Crippen LogP contribution in [-0.4, -0.2) is 38.6 Å². The molecule has 19 heavy (non-hydrogen) atoms. The summed E-state index contributed by atoms with van der Waals surface area (Å²) in [6.07, 6.45) is 2.49. The molecule has 0 bridgehead atoms. The molecule has 1 aliphatic heterocycles. The molecule has 102 valence electrons. The Morgan fingerprint density at radius 1 is 1.42 bits per heavy atom. The van der Waals surface area contributed by atoms with Crippen molar-refractivity contribution in [3.63, 3.8) is 0 Å². The molecule has 0 N–H and O–H groups in total. The van der Waals surface area contributed by atoms with Gasteiger partial charge < -0.3 is 9.80 Å². The number of hydrogen-bond donors (Lipinski definition) is 0. The van der Waals surface area contributed by atoms with Crippen LogP contribution in [0.1, 0.15) is 18.4 Å². The van der Waals surface area contributed by atoms with Crippen LogP contribution in [0.5, 0.6) is 0 Å². The van der Waals surface area contributed by atoms with Crippen LogP contribution in [0.3, 0.4) is 0 Å². The quantitative estimate of drug-likeness (QED) is 0.857. The van der Waals surface area contributed by atoms with Crippen LogP contribution in [0.15, 0.2) is 22.7 Å². The lowest BCUT2D eigenvalue weighted by molar-refractivity contribution is 0.222. The number of likely N-dealkylation sites (tertiary alicyclic amines) is 1. The second-order valence-corrected chi connectivity index (χ2v) is 6.23. The molecule has 1 aromatic rings. The normalized spacial score (nSPS) is 17.2. The second kappa shape index (κ2) is 6.40. The highest BCUT2D eigenvalue weighted by molar-refractivity contribution is 9.10. The van der Waals surface area contributed by atoms with Gasteiger partial charge in [-0.25, -0.2) is 0 Å². The molecule has 0 atom stereocenters. The molecule has 1 saturated heterocycles. The van der Waals surface area contributed by atoms with E-state index in [0.717, 1.165) is 28.2 Å². The van der Waals surface area contributed by atoms with Crippen molar-refractivity contribution in [2.45, 2.75) is 12.8 Å². The molecular weight excluding hydrogens is 302 g/mol. The predicted octanol–water partition coefficient (Wildman–Crippen LogP) is 3.10. The average Bonchev–Trinajstić information content (AvgIpc) is 2.41. The average molecular weight is 322 g/mol. The van der Waals surface area contributed by atoms with Gasteiger partial charge in [0.2, 0.25) is 0 Å². The lowest BCUT2D eigenvalue weighted by atomic mass is 9.96. The van der Waals surface area contributed by atoms with Crippen molar-refractivity contribution in [1.82, 2.24) is 4.90 Å². The van der Waals surface area contributed by atoms with Crippen molar-refractivity contribution in [3.05, 3.63) is 28.2 Å². The second-order valence-electron chi connectivity index (χ2n) is 5.37. The van der Waals surface area contributed by atoms with Gasteiger partial charge in [0, 0.05) is 18.1 Å². The lowest BCUT2D eigenvalue weighted by Gasteiger charge is -2.32. The molecule has 2 rings (SSSR count). The highest BCUT2D eigenvalue weighted by Gasteiger charge is 2.19. The van der Waals surface area contributed by atoms with Gasteiger partial charge in [-0.15, -0.1) is 0 Å². The summed E-state index contributed by atoms with van der Waals surface area (Å²) in [5.74, 6) is 0.728. The minimum absolute atomic E-state index is 0.728. The Balaban J connectivity index is 2.06. The van der Waals surface area contributed by atoms with E-state index in [-0.39, 0.29) is 0 Å². The fourth-order valence-electron chi connectivity index (χ4n) is 2.67. The Bertz CT molecular complexity index is 473. The smallest absolute Gasteiger partial charge is 0.103 e. The summed E-state index contributed by atoms with van der Waals surface area (Å²) in [5, 5.41) is 9.28.